The zero-order valence-corrected chi connectivity index (χ0v) is 17.7. The number of aliphatic hydroxyl groups is 2. The highest BCUT2D eigenvalue weighted by Gasteiger charge is 2.34. The number of alkyl halides is 3. The lowest BCUT2D eigenvalue weighted by Crippen LogP contribution is -2.38. The highest BCUT2D eigenvalue weighted by molar-refractivity contribution is 6.32. The summed E-state index contributed by atoms with van der Waals surface area (Å²) in [5.74, 6) is -0.383. The van der Waals surface area contributed by atoms with E-state index in [-0.39, 0.29) is 18.0 Å². The van der Waals surface area contributed by atoms with Crippen molar-refractivity contribution in [2.75, 3.05) is 32.1 Å². The molecule has 2 amide bonds. The summed E-state index contributed by atoms with van der Waals surface area (Å²) in [7, 11) is 1.13. The molecule has 172 valence electrons. The number of halogens is 4. The third kappa shape index (κ3) is 5.32. The summed E-state index contributed by atoms with van der Waals surface area (Å²) in [6, 6.07) is 4.21. The van der Waals surface area contributed by atoms with Gasteiger partial charge in [-0.1, -0.05) is 17.7 Å². The summed E-state index contributed by atoms with van der Waals surface area (Å²) in [6.45, 7) is 0.140. The number of methoxy groups -OCH3 is 1. The predicted octanol–water partition coefficient (Wildman–Crippen LogP) is 4.11. The Bertz CT molecular complexity index is 1030. The molecule has 0 spiro atoms. The lowest BCUT2D eigenvalue weighted by Gasteiger charge is -2.27. The van der Waals surface area contributed by atoms with E-state index >= 15 is 0 Å². The SMILES string of the molecule is COc1cc(NC(=O)N2CC=C(c3ncc(C(O)CO)cc3Cl)CC2)ccc1C(F)(F)F. The van der Waals surface area contributed by atoms with Crippen LogP contribution in [0.2, 0.25) is 5.02 Å². The number of hydrogen-bond acceptors (Lipinski definition) is 5. The maximum atomic E-state index is 13.0. The number of pyridine rings is 1. The molecule has 0 radical (unpaired) electrons. The van der Waals surface area contributed by atoms with Gasteiger partial charge >= 0.3 is 12.2 Å². The molecular weight excluding hydrogens is 451 g/mol. The van der Waals surface area contributed by atoms with Crippen LogP contribution in [0.3, 0.4) is 0 Å². The van der Waals surface area contributed by atoms with Gasteiger partial charge in [0.15, 0.2) is 0 Å². The molecule has 7 nitrogen and oxygen atoms in total. The van der Waals surface area contributed by atoms with Crippen LogP contribution >= 0.6 is 11.6 Å². The van der Waals surface area contributed by atoms with Crippen molar-refractivity contribution < 1.29 is 32.9 Å². The number of aromatic nitrogens is 1. The molecule has 1 aliphatic heterocycles. The van der Waals surface area contributed by atoms with Gasteiger partial charge in [0.05, 0.1) is 30.0 Å². The van der Waals surface area contributed by atoms with E-state index in [9.17, 15) is 23.1 Å². The largest absolute Gasteiger partial charge is 0.496 e. The van der Waals surface area contributed by atoms with Gasteiger partial charge in [-0.05, 0) is 30.2 Å². The maximum Gasteiger partial charge on any atom is 0.419 e. The number of hydrogen-bond donors (Lipinski definition) is 3. The Labute approximate surface area is 187 Å². The van der Waals surface area contributed by atoms with Gasteiger partial charge in [0.25, 0.3) is 0 Å². The van der Waals surface area contributed by atoms with E-state index in [0.717, 1.165) is 24.8 Å². The van der Waals surface area contributed by atoms with Crippen molar-refractivity contribution in [2.24, 2.45) is 0 Å². The molecule has 2 aromatic rings. The lowest BCUT2D eigenvalue weighted by molar-refractivity contribution is -0.138. The molecule has 32 heavy (non-hydrogen) atoms. The number of carbonyl (C=O) groups excluding carboxylic acids is 1. The summed E-state index contributed by atoms with van der Waals surface area (Å²) in [5.41, 5.74) is 0.988. The molecule has 0 fully saturated rings. The number of carbonyl (C=O) groups is 1. The number of benzene rings is 1. The first kappa shape index (κ1) is 23.8. The topological polar surface area (TPSA) is 94.9 Å². The minimum Gasteiger partial charge on any atom is -0.496 e. The highest BCUT2D eigenvalue weighted by atomic mass is 35.5. The van der Waals surface area contributed by atoms with Crippen molar-refractivity contribution in [1.29, 1.82) is 0 Å². The van der Waals surface area contributed by atoms with E-state index in [4.69, 9.17) is 21.4 Å². The van der Waals surface area contributed by atoms with Crippen LogP contribution in [0.1, 0.15) is 29.3 Å². The molecule has 1 aromatic carbocycles. The second-order valence-corrected chi connectivity index (χ2v) is 7.47. The smallest absolute Gasteiger partial charge is 0.419 e. The molecule has 1 atom stereocenters. The minimum atomic E-state index is -4.56. The van der Waals surface area contributed by atoms with Gasteiger partial charge < -0.3 is 25.2 Å². The number of nitrogens with one attached hydrogen (secondary N) is 1. The monoisotopic (exact) mass is 471 g/mol. The van der Waals surface area contributed by atoms with Crippen LogP contribution in [0, 0.1) is 0 Å². The Balaban J connectivity index is 1.68. The van der Waals surface area contributed by atoms with Crippen LogP contribution in [-0.4, -0.2) is 52.9 Å². The molecule has 0 saturated carbocycles. The summed E-state index contributed by atoms with van der Waals surface area (Å²) < 4.78 is 43.8. The zero-order valence-electron chi connectivity index (χ0n) is 17.0. The van der Waals surface area contributed by atoms with Crippen molar-refractivity contribution in [3.8, 4) is 5.75 Å². The van der Waals surface area contributed by atoms with Crippen LogP contribution in [0.15, 0.2) is 36.5 Å². The molecule has 1 aromatic heterocycles. The van der Waals surface area contributed by atoms with Crippen molar-refractivity contribution >= 4 is 28.9 Å². The van der Waals surface area contributed by atoms with E-state index in [2.05, 4.69) is 10.3 Å². The fraction of sp³-hybridized carbons (Fsp3) is 0.333. The average Bonchev–Trinajstić information content (AvgIpc) is 2.77. The number of nitrogens with zero attached hydrogens (tertiary/aromatic N) is 2. The average molecular weight is 472 g/mol. The Morgan fingerprint density at radius 3 is 2.69 bits per heavy atom. The van der Waals surface area contributed by atoms with Gasteiger partial charge in [-0.3, -0.25) is 4.98 Å². The van der Waals surface area contributed by atoms with Gasteiger partial charge in [0.1, 0.15) is 11.9 Å². The first-order chi connectivity index (χ1) is 15.1. The quantitative estimate of drug-likeness (QED) is 0.610. The lowest BCUT2D eigenvalue weighted by atomic mass is 10.0. The summed E-state index contributed by atoms with van der Waals surface area (Å²) in [4.78, 5) is 18.3. The van der Waals surface area contributed by atoms with Gasteiger partial charge in [-0.2, -0.15) is 13.2 Å². The normalized spacial score (nSPS) is 15.2. The summed E-state index contributed by atoms with van der Waals surface area (Å²) in [6.07, 6.45) is -1.96. The van der Waals surface area contributed by atoms with E-state index < -0.39 is 30.5 Å². The Hall–Kier alpha value is -2.82. The van der Waals surface area contributed by atoms with Crippen molar-refractivity contribution in [2.45, 2.75) is 18.7 Å². The molecule has 1 unspecified atom stereocenters. The first-order valence-corrected chi connectivity index (χ1v) is 9.96. The van der Waals surface area contributed by atoms with E-state index in [1.165, 1.54) is 23.2 Å². The number of amides is 2. The van der Waals surface area contributed by atoms with Crippen molar-refractivity contribution in [3.05, 3.63) is 58.4 Å². The van der Waals surface area contributed by atoms with E-state index in [1.807, 2.05) is 0 Å². The Kier molecular flexibility index (Phi) is 7.27. The fourth-order valence-electron chi connectivity index (χ4n) is 3.25. The van der Waals surface area contributed by atoms with E-state index in [1.54, 1.807) is 6.08 Å². The second kappa shape index (κ2) is 9.76. The Morgan fingerprint density at radius 2 is 2.12 bits per heavy atom. The van der Waals surface area contributed by atoms with Gasteiger partial charge in [-0.15, -0.1) is 0 Å². The van der Waals surface area contributed by atoms with Crippen LogP contribution in [0.5, 0.6) is 5.75 Å². The third-order valence-corrected chi connectivity index (χ3v) is 5.27. The molecule has 2 heterocycles. The molecule has 3 N–H and O–H groups in total. The molecule has 11 heteroatoms. The molecule has 0 aliphatic carbocycles. The standard InChI is InChI=1S/C21H21ClF3N3O4/c1-32-18-9-14(2-3-15(18)21(23,24)25)27-20(31)28-6-4-12(5-7-28)19-16(22)8-13(10-26-19)17(30)11-29/h2-4,8-10,17,29-30H,5-7,11H2,1H3,(H,27,31). The molecule has 3 rings (SSSR count). The molecule has 0 bridgehead atoms. The maximum absolute atomic E-state index is 13.0. The summed E-state index contributed by atoms with van der Waals surface area (Å²) >= 11 is 6.26. The van der Waals surface area contributed by atoms with Crippen LogP contribution in [0.4, 0.5) is 23.7 Å². The van der Waals surface area contributed by atoms with Crippen LogP contribution in [0.25, 0.3) is 5.57 Å². The number of anilines is 1. The minimum absolute atomic E-state index is 0.178. The fourth-order valence-corrected chi connectivity index (χ4v) is 3.55. The molecule has 0 saturated heterocycles. The first-order valence-electron chi connectivity index (χ1n) is 9.59. The van der Waals surface area contributed by atoms with E-state index in [0.29, 0.717) is 29.2 Å². The van der Waals surface area contributed by atoms with Crippen LogP contribution < -0.4 is 10.1 Å². The van der Waals surface area contributed by atoms with Gasteiger partial charge in [0, 0.05) is 36.6 Å². The van der Waals surface area contributed by atoms with Crippen molar-refractivity contribution in [3.63, 3.8) is 0 Å². The third-order valence-electron chi connectivity index (χ3n) is 4.98. The number of aliphatic hydroxyl groups excluding tert-OH is 2. The predicted molar refractivity (Wildman–Crippen MR) is 112 cm³/mol. The number of ether oxygens (including phenoxy) is 1. The van der Waals surface area contributed by atoms with Crippen molar-refractivity contribution in [1.82, 2.24) is 9.88 Å². The highest BCUT2D eigenvalue weighted by Crippen LogP contribution is 2.37. The van der Waals surface area contributed by atoms with Gasteiger partial charge in [-0.25, -0.2) is 4.79 Å². The van der Waals surface area contributed by atoms with Gasteiger partial charge in [0.2, 0.25) is 0 Å². The molecular formula is C21H21ClF3N3O4. The Morgan fingerprint density at radius 1 is 1.38 bits per heavy atom. The second-order valence-electron chi connectivity index (χ2n) is 7.07. The van der Waals surface area contributed by atoms with Crippen LogP contribution in [-0.2, 0) is 6.18 Å². The molecule has 1 aliphatic rings. The summed E-state index contributed by atoms with van der Waals surface area (Å²) in [5, 5.41) is 21.6. The number of rotatable bonds is 5. The number of urea groups is 1. The zero-order chi connectivity index (χ0) is 23.5.